The van der Waals surface area contributed by atoms with Crippen LogP contribution in [0.3, 0.4) is 0 Å². The van der Waals surface area contributed by atoms with Gasteiger partial charge in [0.2, 0.25) is 0 Å². The highest BCUT2D eigenvalue weighted by molar-refractivity contribution is 5.84. The van der Waals surface area contributed by atoms with Crippen molar-refractivity contribution in [1.82, 2.24) is 0 Å². The molecule has 0 N–H and O–H groups in total. The van der Waals surface area contributed by atoms with Crippen LogP contribution >= 0.6 is 0 Å². The number of methoxy groups -OCH3 is 1. The molecule has 0 saturated carbocycles. The van der Waals surface area contributed by atoms with E-state index in [4.69, 9.17) is 0 Å². The number of hydrogen-bond donors (Lipinski definition) is 0. The van der Waals surface area contributed by atoms with Crippen LogP contribution in [0, 0.1) is 0 Å². The Morgan fingerprint density at radius 3 is 2.64 bits per heavy atom. The minimum absolute atomic E-state index is 0.334. The van der Waals surface area contributed by atoms with Crippen LogP contribution in [0.4, 0.5) is 0 Å². The molecule has 0 saturated heterocycles. The van der Waals surface area contributed by atoms with Gasteiger partial charge in [0.1, 0.15) is 6.29 Å². The van der Waals surface area contributed by atoms with Crippen LogP contribution in [0.2, 0.25) is 0 Å². The zero-order chi connectivity index (χ0) is 10.6. The van der Waals surface area contributed by atoms with E-state index in [1.807, 2.05) is 0 Å². The molecule has 0 bridgehead atoms. The van der Waals surface area contributed by atoms with Gasteiger partial charge in [0.15, 0.2) is 0 Å². The van der Waals surface area contributed by atoms with Crippen molar-refractivity contribution >= 4 is 12.3 Å². The number of carbonyl (C=O) groups excluding carboxylic acids is 2. The summed E-state index contributed by atoms with van der Waals surface area (Å²) in [5.74, 6) is -0.735. The highest BCUT2D eigenvalue weighted by Crippen LogP contribution is 2.19. The maximum absolute atomic E-state index is 11.2. The second-order valence-corrected chi connectivity index (χ2v) is 2.99. The Balaban J connectivity index is 3.05. The summed E-state index contributed by atoms with van der Waals surface area (Å²) in [6, 6.07) is 6.99. The van der Waals surface area contributed by atoms with Crippen LogP contribution in [-0.4, -0.2) is 19.4 Å². The van der Waals surface area contributed by atoms with Crippen LogP contribution in [0.1, 0.15) is 28.8 Å². The van der Waals surface area contributed by atoms with Gasteiger partial charge < -0.3 is 4.74 Å². The molecule has 0 fully saturated rings. The van der Waals surface area contributed by atoms with E-state index in [1.54, 1.807) is 31.2 Å². The summed E-state index contributed by atoms with van der Waals surface area (Å²) in [6.45, 7) is 1.72. The van der Waals surface area contributed by atoms with Crippen molar-refractivity contribution in [3.05, 3.63) is 35.4 Å². The minimum Gasteiger partial charge on any atom is -0.469 e. The quantitative estimate of drug-likeness (QED) is 0.541. The number of ether oxygens (including phenoxy) is 1. The molecule has 0 aliphatic carbocycles. The third-order valence-electron chi connectivity index (χ3n) is 2.14. The molecule has 74 valence electrons. The third-order valence-corrected chi connectivity index (χ3v) is 2.14. The first kappa shape index (κ1) is 10.4. The van der Waals surface area contributed by atoms with Crippen molar-refractivity contribution in [2.24, 2.45) is 0 Å². The summed E-state index contributed by atoms with van der Waals surface area (Å²) in [7, 11) is 1.34. The fraction of sp³-hybridized carbons (Fsp3) is 0.273. The summed E-state index contributed by atoms with van der Waals surface area (Å²) in [5.41, 5.74) is 1.24. The molecule has 1 rings (SSSR count). The van der Waals surface area contributed by atoms with Gasteiger partial charge in [-0.2, -0.15) is 0 Å². The molecule has 1 aromatic rings. The number of aldehydes is 1. The zero-order valence-corrected chi connectivity index (χ0v) is 8.19. The summed E-state index contributed by atoms with van der Waals surface area (Å²) in [6.07, 6.45) is 0.745. The molecule has 0 aliphatic rings. The molecular weight excluding hydrogens is 180 g/mol. The van der Waals surface area contributed by atoms with Gasteiger partial charge in [0.25, 0.3) is 0 Å². The van der Waals surface area contributed by atoms with E-state index in [-0.39, 0.29) is 5.97 Å². The van der Waals surface area contributed by atoms with Crippen molar-refractivity contribution in [1.29, 1.82) is 0 Å². The van der Waals surface area contributed by atoms with Crippen LogP contribution in [0.15, 0.2) is 24.3 Å². The van der Waals surface area contributed by atoms with E-state index in [9.17, 15) is 9.59 Å². The summed E-state index contributed by atoms with van der Waals surface area (Å²) in [4.78, 5) is 21.9. The normalized spacial score (nSPS) is 11.9. The minimum atomic E-state index is -0.401. The van der Waals surface area contributed by atoms with Gasteiger partial charge in [-0.05, 0) is 12.5 Å². The Hall–Kier alpha value is -1.64. The average molecular weight is 192 g/mol. The predicted octanol–water partition coefficient (Wildman–Crippen LogP) is 1.78. The lowest BCUT2D eigenvalue weighted by Crippen LogP contribution is -2.12. The van der Waals surface area contributed by atoms with E-state index < -0.39 is 5.92 Å². The first-order chi connectivity index (χ1) is 6.70. The second kappa shape index (κ2) is 4.56. The zero-order valence-electron chi connectivity index (χ0n) is 8.19. The predicted molar refractivity (Wildman–Crippen MR) is 52.3 cm³/mol. The van der Waals surface area contributed by atoms with Gasteiger partial charge >= 0.3 is 5.97 Å². The van der Waals surface area contributed by atoms with E-state index in [2.05, 4.69) is 4.74 Å². The molecule has 14 heavy (non-hydrogen) atoms. The topological polar surface area (TPSA) is 43.4 Å². The fourth-order valence-electron chi connectivity index (χ4n) is 1.32. The van der Waals surface area contributed by atoms with Gasteiger partial charge in [-0.15, -0.1) is 0 Å². The van der Waals surface area contributed by atoms with Gasteiger partial charge in [-0.1, -0.05) is 24.3 Å². The van der Waals surface area contributed by atoms with Crippen LogP contribution in [0.25, 0.3) is 0 Å². The Kier molecular flexibility index (Phi) is 3.40. The molecule has 0 heterocycles. The Morgan fingerprint density at radius 2 is 2.07 bits per heavy atom. The SMILES string of the molecule is COC(=O)C(C)c1ccccc1C=O. The molecular formula is C11H12O3. The van der Waals surface area contributed by atoms with Crippen molar-refractivity contribution < 1.29 is 14.3 Å². The molecule has 0 spiro atoms. The molecule has 3 heteroatoms. The largest absolute Gasteiger partial charge is 0.469 e. The van der Waals surface area contributed by atoms with Gasteiger partial charge in [-0.3, -0.25) is 9.59 Å². The van der Waals surface area contributed by atoms with Crippen molar-refractivity contribution in [3.8, 4) is 0 Å². The van der Waals surface area contributed by atoms with Crippen LogP contribution in [-0.2, 0) is 9.53 Å². The Bertz CT molecular complexity index is 344. The van der Waals surface area contributed by atoms with Crippen molar-refractivity contribution in [3.63, 3.8) is 0 Å². The highest BCUT2D eigenvalue weighted by Gasteiger charge is 2.17. The third kappa shape index (κ3) is 1.99. The fourth-order valence-corrected chi connectivity index (χ4v) is 1.32. The summed E-state index contributed by atoms with van der Waals surface area (Å²) < 4.78 is 4.61. The van der Waals surface area contributed by atoms with E-state index in [1.165, 1.54) is 7.11 Å². The Labute approximate surface area is 82.7 Å². The maximum atomic E-state index is 11.2. The number of esters is 1. The number of hydrogen-bond acceptors (Lipinski definition) is 3. The summed E-state index contributed by atoms with van der Waals surface area (Å²) >= 11 is 0. The number of benzene rings is 1. The molecule has 1 unspecified atom stereocenters. The van der Waals surface area contributed by atoms with Gasteiger partial charge in [0.05, 0.1) is 13.0 Å². The lowest BCUT2D eigenvalue weighted by atomic mass is 9.96. The lowest BCUT2D eigenvalue weighted by molar-refractivity contribution is -0.141. The first-order valence-corrected chi connectivity index (χ1v) is 4.32. The standard InChI is InChI=1S/C11H12O3/c1-8(11(13)14-2)10-6-4-3-5-9(10)7-12/h3-8H,1-2H3. The second-order valence-electron chi connectivity index (χ2n) is 2.99. The summed E-state index contributed by atoms with van der Waals surface area (Å²) in [5, 5.41) is 0. The van der Waals surface area contributed by atoms with Crippen molar-refractivity contribution in [2.75, 3.05) is 7.11 Å². The van der Waals surface area contributed by atoms with Gasteiger partial charge in [-0.25, -0.2) is 0 Å². The van der Waals surface area contributed by atoms with Crippen molar-refractivity contribution in [2.45, 2.75) is 12.8 Å². The van der Waals surface area contributed by atoms with E-state index >= 15 is 0 Å². The van der Waals surface area contributed by atoms with Gasteiger partial charge in [0, 0.05) is 5.56 Å². The molecule has 0 amide bonds. The van der Waals surface area contributed by atoms with Crippen LogP contribution in [0.5, 0.6) is 0 Å². The lowest BCUT2D eigenvalue weighted by Gasteiger charge is -2.10. The van der Waals surface area contributed by atoms with E-state index in [0.29, 0.717) is 11.1 Å². The Morgan fingerprint density at radius 1 is 1.43 bits per heavy atom. The first-order valence-electron chi connectivity index (χ1n) is 4.32. The molecule has 0 radical (unpaired) electrons. The molecule has 0 aromatic heterocycles. The molecule has 3 nitrogen and oxygen atoms in total. The molecule has 1 atom stereocenters. The molecule has 0 aliphatic heterocycles. The monoisotopic (exact) mass is 192 g/mol. The highest BCUT2D eigenvalue weighted by atomic mass is 16.5. The van der Waals surface area contributed by atoms with E-state index in [0.717, 1.165) is 6.29 Å². The molecule has 1 aromatic carbocycles. The number of rotatable bonds is 3. The number of carbonyl (C=O) groups is 2. The average Bonchev–Trinajstić information content (AvgIpc) is 2.26. The maximum Gasteiger partial charge on any atom is 0.312 e. The van der Waals surface area contributed by atoms with Crippen LogP contribution < -0.4 is 0 Å². The smallest absolute Gasteiger partial charge is 0.312 e.